The number of rotatable bonds is 4. The number of H-pyrrole nitrogens is 1. The molecule has 1 aliphatic rings. The lowest BCUT2D eigenvalue weighted by Gasteiger charge is -2.26. The lowest BCUT2D eigenvalue weighted by Crippen LogP contribution is -2.39. The van der Waals surface area contributed by atoms with Gasteiger partial charge in [0.1, 0.15) is 11.8 Å². The number of hydrogen-bond acceptors (Lipinski definition) is 6. The van der Waals surface area contributed by atoms with E-state index in [0.29, 0.717) is 41.1 Å². The minimum atomic E-state index is -1.14. The van der Waals surface area contributed by atoms with Gasteiger partial charge in [0.05, 0.1) is 25.1 Å². The average molecular weight is 400 g/mol. The van der Waals surface area contributed by atoms with Crippen LogP contribution in [0.4, 0.5) is 14.7 Å². The fourth-order valence-corrected chi connectivity index (χ4v) is 3.61. The van der Waals surface area contributed by atoms with Gasteiger partial charge in [0.25, 0.3) is 0 Å². The number of aromatic amines is 1. The van der Waals surface area contributed by atoms with Gasteiger partial charge in [-0.2, -0.15) is 9.97 Å². The molecule has 4 aromatic rings. The van der Waals surface area contributed by atoms with Crippen molar-refractivity contribution in [1.82, 2.24) is 24.3 Å². The maximum atomic E-state index is 14.4. The first kappa shape index (κ1) is 17.8. The zero-order valence-electron chi connectivity index (χ0n) is 15.5. The fraction of sp³-hybridized carbons (Fsp3) is 0.316. The van der Waals surface area contributed by atoms with Crippen LogP contribution in [0.5, 0.6) is 5.88 Å². The Bertz CT molecular complexity index is 1190. The van der Waals surface area contributed by atoms with Gasteiger partial charge < -0.3 is 24.2 Å². The van der Waals surface area contributed by atoms with Gasteiger partial charge in [-0.25, -0.2) is 13.8 Å². The second kappa shape index (κ2) is 6.96. The minimum absolute atomic E-state index is 0.0476. The van der Waals surface area contributed by atoms with Crippen molar-refractivity contribution in [3.8, 4) is 17.0 Å². The smallest absolute Gasteiger partial charge is 0.228 e. The summed E-state index contributed by atoms with van der Waals surface area (Å²) in [5.41, 5.74) is 2.06. The molecule has 0 spiro atoms. The van der Waals surface area contributed by atoms with Gasteiger partial charge in [-0.3, -0.25) is 0 Å². The van der Waals surface area contributed by atoms with Crippen LogP contribution in [-0.4, -0.2) is 56.9 Å². The summed E-state index contributed by atoms with van der Waals surface area (Å²) in [6, 6.07) is 0.977. The predicted octanol–water partition coefficient (Wildman–Crippen LogP) is 2.96. The standard InChI is InChI=1S/C19H18F2N6O2/c1-28-18-15-11(10-6-12(20)17-22-3-4-27(17)8-10)7-23-16(15)25-19(26-18)24-14-2-5-29-9-13(14)21/h3-4,6-8,13-14H,2,5,9H2,1H3,(H2,23,24,25,26)/t13-,14+/m0/s1. The van der Waals surface area contributed by atoms with Crippen LogP contribution < -0.4 is 10.1 Å². The molecule has 1 aliphatic heterocycles. The van der Waals surface area contributed by atoms with Crippen molar-refractivity contribution < 1.29 is 18.3 Å². The number of ether oxygens (including phenoxy) is 2. The zero-order chi connectivity index (χ0) is 20.0. The molecule has 10 heteroatoms. The summed E-state index contributed by atoms with van der Waals surface area (Å²) < 4.78 is 40.7. The van der Waals surface area contributed by atoms with Crippen molar-refractivity contribution in [3.05, 3.63) is 36.7 Å². The second-order valence-corrected chi connectivity index (χ2v) is 6.85. The van der Waals surface area contributed by atoms with Gasteiger partial charge >= 0.3 is 0 Å². The molecule has 4 aromatic heterocycles. The molecule has 1 saturated heterocycles. The Kier molecular flexibility index (Phi) is 4.27. The van der Waals surface area contributed by atoms with Gasteiger partial charge in [0.2, 0.25) is 11.8 Å². The normalized spacial score (nSPS) is 19.7. The van der Waals surface area contributed by atoms with Crippen molar-refractivity contribution in [2.75, 3.05) is 25.6 Å². The number of anilines is 1. The molecule has 0 radical (unpaired) electrons. The number of fused-ring (bicyclic) bond motifs is 2. The first-order chi connectivity index (χ1) is 14.1. The highest BCUT2D eigenvalue weighted by Crippen LogP contribution is 2.35. The van der Waals surface area contributed by atoms with Crippen LogP contribution in [0.1, 0.15) is 6.42 Å². The van der Waals surface area contributed by atoms with E-state index in [2.05, 4.69) is 25.3 Å². The molecular formula is C19H18F2N6O2. The Morgan fingerprint density at radius 3 is 3.10 bits per heavy atom. The molecule has 0 unspecified atom stereocenters. The summed E-state index contributed by atoms with van der Waals surface area (Å²) in [5.74, 6) is 0.129. The Hall–Kier alpha value is -3.27. The third-order valence-corrected chi connectivity index (χ3v) is 5.05. The van der Waals surface area contributed by atoms with Crippen LogP contribution >= 0.6 is 0 Å². The van der Waals surface area contributed by atoms with Gasteiger partial charge in [0, 0.05) is 42.5 Å². The molecular weight excluding hydrogens is 382 g/mol. The van der Waals surface area contributed by atoms with E-state index in [1.165, 1.54) is 19.4 Å². The van der Waals surface area contributed by atoms with E-state index in [4.69, 9.17) is 9.47 Å². The number of methoxy groups -OCH3 is 1. The van der Waals surface area contributed by atoms with E-state index < -0.39 is 18.0 Å². The second-order valence-electron chi connectivity index (χ2n) is 6.85. The summed E-state index contributed by atoms with van der Waals surface area (Å²) in [4.78, 5) is 15.9. The molecule has 0 aromatic carbocycles. The van der Waals surface area contributed by atoms with Crippen LogP contribution in [0.3, 0.4) is 0 Å². The number of hydrogen-bond donors (Lipinski definition) is 2. The maximum absolute atomic E-state index is 14.4. The van der Waals surface area contributed by atoms with E-state index in [0.717, 1.165) is 0 Å². The monoisotopic (exact) mass is 400 g/mol. The van der Waals surface area contributed by atoms with Crippen LogP contribution in [0.15, 0.2) is 30.9 Å². The van der Waals surface area contributed by atoms with E-state index >= 15 is 0 Å². The van der Waals surface area contributed by atoms with E-state index in [1.807, 2.05) is 0 Å². The fourth-order valence-electron chi connectivity index (χ4n) is 3.61. The average Bonchev–Trinajstić information content (AvgIpc) is 3.36. The highest BCUT2D eigenvalue weighted by atomic mass is 19.1. The van der Waals surface area contributed by atoms with Gasteiger partial charge in [-0.1, -0.05) is 0 Å². The first-order valence-electron chi connectivity index (χ1n) is 9.18. The largest absolute Gasteiger partial charge is 0.480 e. The Morgan fingerprint density at radius 1 is 1.38 bits per heavy atom. The summed E-state index contributed by atoms with van der Waals surface area (Å²) in [6.45, 7) is 0.526. The van der Waals surface area contributed by atoms with Gasteiger partial charge in [-0.05, 0) is 12.5 Å². The van der Waals surface area contributed by atoms with Crippen LogP contribution in [0.2, 0.25) is 0 Å². The molecule has 2 atom stereocenters. The lowest BCUT2D eigenvalue weighted by molar-refractivity contribution is 0.0284. The molecule has 150 valence electrons. The Morgan fingerprint density at radius 2 is 2.28 bits per heavy atom. The molecule has 0 amide bonds. The third kappa shape index (κ3) is 3.05. The molecule has 2 N–H and O–H groups in total. The first-order valence-corrected chi connectivity index (χ1v) is 9.18. The molecule has 0 aliphatic carbocycles. The summed E-state index contributed by atoms with van der Waals surface area (Å²) in [5, 5.41) is 3.64. The molecule has 5 heterocycles. The number of nitrogens with one attached hydrogen (secondary N) is 2. The Labute approximate surface area is 163 Å². The third-order valence-electron chi connectivity index (χ3n) is 5.05. The maximum Gasteiger partial charge on any atom is 0.228 e. The molecule has 5 rings (SSSR count). The van der Waals surface area contributed by atoms with Crippen LogP contribution in [0, 0.1) is 5.82 Å². The number of aromatic nitrogens is 5. The molecule has 0 bridgehead atoms. The highest BCUT2D eigenvalue weighted by molar-refractivity contribution is 5.97. The van der Waals surface area contributed by atoms with Crippen molar-refractivity contribution in [2.45, 2.75) is 18.6 Å². The quantitative estimate of drug-likeness (QED) is 0.548. The van der Waals surface area contributed by atoms with Crippen molar-refractivity contribution in [3.63, 3.8) is 0 Å². The molecule has 1 fully saturated rings. The SMILES string of the molecule is COc1nc(N[C@@H]2CCOC[C@@H]2F)nc2[nH]cc(-c3cc(F)c4nccn4c3)c12. The summed E-state index contributed by atoms with van der Waals surface area (Å²) >= 11 is 0. The number of alkyl halides is 1. The molecule has 8 nitrogen and oxygen atoms in total. The van der Waals surface area contributed by atoms with E-state index in [9.17, 15) is 8.78 Å². The predicted molar refractivity (Wildman–Crippen MR) is 102 cm³/mol. The zero-order valence-corrected chi connectivity index (χ0v) is 15.5. The van der Waals surface area contributed by atoms with E-state index in [1.54, 1.807) is 23.0 Å². The minimum Gasteiger partial charge on any atom is -0.480 e. The number of halogens is 2. The highest BCUT2D eigenvalue weighted by Gasteiger charge is 2.27. The van der Waals surface area contributed by atoms with Gasteiger partial charge in [0.15, 0.2) is 11.5 Å². The Balaban J connectivity index is 1.57. The lowest BCUT2D eigenvalue weighted by atomic mass is 10.1. The molecule has 0 saturated carbocycles. The number of imidazole rings is 1. The summed E-state index contributed by atoms with van der Waals surface area (Å²) in [7, 11) is 1.49. The van der Waals surface area contributed by atoms with Crippen LogP contribution in [0.25, 0.3) is 27.8 Å². The van der Waals surface area contributed by atoms with Crippen LogP contribution in [-0.2, 0) is 4.74 Å². The number of nitrogens with zero attached hydrogens (tertiary/aromatic N) is 4. The number of pyridine rings is 1. The summed E-state index contributed by atoms with van der Waals surface area (Å²) in [6.07, 6.45) is 6.08. The van der Waals surface area contributed by atoms with Gasteiger partial charge in [-0.15, -0.1) is 0 Å². The molecule has 29 heavy (non-hydrogen) atoms. The van der Waals surface area contributed by atoms with Crippen molar-refractivity contribution in [1.29, 1.82) is 0 Å². The van der Waals surface area contributed by atoms with Crippen molar-refractivity contribution in [2.24, 2.45) is 0 Å². The van der Waals surface area contributed by atoms with Crippen molar-refractivity contribution >= 4 is 22.6 Å². The topological polar surface area (TPSA) is 89.4 Å². The van der Waals surface area contributed by atoms with E-state index in [-0.39, 0.29) is 18.2 Å².